The first-order valence-electron chi connectivity index (χ1n) is 7.71. The van der Waals surface area contributed by atoms with Crippen molar-refractivity contribution in [2.45, 2.75) is 24.9 Å². The van der Waals surface area contributed by atoms with Crippen molar-refractivity contribution in [3.05, 3.63) is 54.1 Å². The van der Waals surface area contributed by atoms with Crippen LogP contribution in [0.5, 0.6) is 0 Å². The van der Waals surface area contributed by atoms with E-state index in [2.05, 4.69) is 34.3 Å². The van der Waals surface area contributed by atoms with Crippen molar-refractivity contribution >= 4 is 34.4 Å². The molecule has 0 bridgehead atoms. The number of H-pyrrole nitrogens is 1. The van der Waals surface area contributed by atoms with Crippen LogP contribution in [0.15, 0.2) is 53.7 Å². The van der Waals surface area contributed by atoms with E-state index in [9.17, 15) is 4.79 Å². The lowest BCUT2D eigenvalue weighted by atomic mass is 10.1. The van der Waals surface area contributed by atoms with Gasteiger partial charge in [0.05, 0.1) is 16.8 Å². The third kappa shape index (κ3) is 4.13. The number of aromatic nitrogens is 2. The van der Waals surface area contributed by atoms with Crippen molar-refractivity contribution in [1.29, 1.82) is 0 Å². The van der Waals surface area contributed by atoms with Gasteiger partial charge in [-0.15, -0.1) is 0 Å². The van der Waals surface area contributed by atoms with Crippen molar-refractivity contribution < 1.29 is 4.79 Å². The maximum absolute atomic E-state index is 12.0. The van der Waals surface area contributed by atoms with Crippen molar-refractivity contribution in [3.8, 4) is 0 Å². The second-order valence-electron chi connectivity index (χ2n) is 5.34. The smallest absolute Gasteiger partial charge is 0.234 e. The number of hydrogen-bond donors (Lipinski definition) is 2. The first-order valence-corrected chi connectivity index (χ1v) is 8.69. The van der Waals surface area contributed by atoms with E-state index in [1.165, 1.54) is 17.3 Å². The Morgan fingerprint density at radius 3 is 2.70 bits per heavy atom. The van der Waals surface area contributed by atoms with Crippen LogP contribution in [0.2, 0.25) is 0 Å². The van der Waals surface area contributed by atoms with Crippen LogP contribution in [-0.4, -0.2) is 21.6 Å². The minimum atomic E-state index is -0.0290. The zero-order valence-electron chi connectivity index (χ0n) is 13.0. The summed E-state index contributed by atoms with van der Waals surface area (Å²) in [5.41, 5.74) is 4.03. The molecule has 23 heavy (non-hydrogen) atoms. The van der Waals surface area contributed by atoms with Crippen LogP contribution in [0.1, 0.15) is 18.9 Å². The standard InChI is InChI=1S/C18H19N3OS/c1-2-5-13-8-10-14(11-9-13)19-17(22)12-23-18-20-15-6-3-4-7-16(15)21-18/h3-4,6-11H,2,5,12H2,1H3,(H,19,22)(H,20,21). The fourth-order valence-electron chi connectivity index (χ4n) is 2.37. The lowest BCUT2D eigenvalue weighted by Gasteiger charge is -2.05. The van der Waals surface area contributed by atoms with E-state index in [4.69, 9.17) is 0 Å². The molecular weight excluding hydrogens is 306 g/mol. The number of carbonyl (C=O) groups is 1. The van der Waals surface area contributed by atoms with E-state index in [1.54, 1.807) is 0 Å². The Hall–Kier alpha value is -2.27. The summed E-state index contributed by atoms with van der Waals surface area (Å²) in [5, 5.41) is 3.68. The van der Waals surface area contributed by atoms with Gasteiger partial charge in [0.2, 0.25) is 5.91 Å². The third-order valence-electron chi connectivity index (χ3n) is 3.48. The highest BCUT2D eigenvalue weighted by Gasteiger charge is 2.07. The van der Waals surface area contributed by atoms with E-state index in [-0.39, 0.29) is 5.91 Å². The van der Waals surface area contributed by atoms with Gasteiger partial charge in [-0.1, -0.05) is 49.4 Å². The highest BCUT2D eigenvalue weighted by atomic mass is 32.2. The molecule has 1 heterocycles. The lowest BCUT2D eigenvalue weighted by molar-refractivity contribution is -0.113. The number of imidazole rings is 1. The quantitative estimate of drug-likeness (QED) is 0.666. The summed E-state index contributed by atoms with van der Waals surface area (Å²) >= 11 is 1.41. The van der Waals surface area contributed by atoms with Crippen LogP contribution in [0.3, 0.4) is 0 Å². The first kappa shape index (κ1) is 15.6. The molecule has 4 nitrogen and oxygen atoms in total. The molecule has 0 fully saturated rings. The minimum absolute atomic E-state index is 0.0290. The molecule has 0 spiro atoms. The number of aryl methyl sites for hydroxylation is 1. The normalized spacial score (nSPS) is 10.8. The van der Waals surface area contributed by atoms with Crippen LogP contribution < -0.4 is 5.32 Å². The topological polar surface area (TPSA) is 57.8 Å². The third-order valence-corrected chi connectivity index (χ3v) is 4.36. The molecule has 3 aromatic rings. The number of carbonyl (C=O) groups excluding carboxylic acids is 1. The number of rotatable bonds is 6. The summed E-state index contributed by atoms with van der Waals surface area (Å²) in [7, 11) is 0. The van der Waals surface area contributed by atoms with Gasteiger partial charge in [0.15, 0.2) is 5.16 Å². The van der Waals surface area contributed by atoms with Crippen LogP contribution in [-0.2, 0) is 11.2 Å². The van der Waals surface area contributed by atoms with Gasteiger partial charge in [-0.05, 0) is 36.2 Å². The minimum Gasteiger partial charge on any atom is -0.333 e. The molecule has 3 rings (SSSR count). The Labute approximate surface area is 139 Å². The molecule has 0 aliphatic rings. The number of thioether (sulfide) groups is 1. The van der Waals surface area contributed by atoms with Gasteiger partial charge in [-0.3, -0.25) is 4.79 Å². The van der Waals surface area contributed by atoms with Gasteiger partial charge >= 0.3 is 0 Å². The molecule has 0 aliphatic carbocycles. The number of hydrogen-bond acceptors (Lipinski definition) is 3. The van der Waals surface area contributed by atoms with E-state index >= 15 is 0 Å². The lowest BCUT2D eigenvalue weighted by Crippen LogP contribution is -2.14. The summed E-state index contributed by atoms with van der Waals surface area (Å²) < 4.78 is 0. The number of fused-ring (bicyclic) bond motifs is 1. The Kier molecular flexibility index (Phi) is 4.98. The van der Waals surface area contributed by atoms with E-state index in [1.807, 2.05) is 36.4 Å². The number of nitrogens with one attached hydrogen (secondary N) is 2. The van der Waals surface area contributed by atoms with Gasteiger partial charge in [0, 0.05) is 5.69 Å². The van der Waals surface area contributed by atoms with E-state index in [0.29, 0.717) is 5.75 Å². The highest BCUT2D eigenvalue weighted by Crippen LogP contribution is 2.19. The van der Waals surface area contributed by atoms with Crippen molar-refractivity contribution in [2.24, 2.45) is 0 Å². The first-order chi connectivity index (χ1) is 11.2. The van der Waals surface area contributed by atoms with Crippen LogP contribution in [0.4, 0.5) is 5.69 Å². The average molecular weight is 325 g/mol. The molecule has 0 saturated carbocycles. The molecule has 0 radical (unpaired) electrons. The second kappa shape index (κ2) is 7.33. The van der Waals surface area contributed by atoms with Gasteiger partial charge < -0.3 is 10.3 Å². The van der Waals surface area contributed by atoms with Gasteiger partial charge in [-0.25, -0.2) is 4.98 Å². The summed E-state index contributed by atoms with van der Waals surface area (Å²) in [6.07, 6.45) is 2.19. The Balaban J connectivity index is 1.54. The fourth-order valence-corrected chi connectivity index (χ4v) is 3.06. The number of benzene rings is 2. The monoisotopic (exact) mass is 325 g/mol. The molecular formula is C18H19N3OS. The SMILES string of the molecule is CCCc1ccc(NC(=O)CSc2nc3ccccc3[nH]2)cc1. The zero-order valence-corrected chi connectivity index (χ0v) is 13.8. The van der Waals surface area contributed by atoms with Crippen molar-refractivity contribution in [1.82, 2.24) is 9.97 Å². The van der Waals surface area contributed by atoms with Crippen LogP contribution in [0, 0.1) is 0 Å². The van der Waals surface area contributed by atoms with Gasteiger partial charge in [0.1, 0.15) is 0 Å². The average Bonchev–Trinajstić information content (AvgIpc) is 2.98. The largest absolute Gasteiger partial charge is 0.333 e. The highest BCUT2D eigenvalue weighted by molar-refractivity contribution is 7.99. The molecule has 1 amide bonds. The summed E-state index contributed by atoms with van der Waals surface area (Å²) in [6.45, 7) is 2.16. The molecule has 0 unspecified atom stereocenters. The molecule has 2 N–H and O–H groups in total. The van der Waals surface area contributed by atoms with Crippen LogP contribution >= 0.6 is 11.8 Å². The van der Waals surface area contributed by atoms with E-state index in [0.717, 1.165) is 34.7 Å². The molecule has 0 atom stereocenters. The molecule has 118 valence electrons. The summed E-state index contributed by atoms with van der Waals surface area (Å²) in [6, 6.07) is 15.9. The van der Waals surface area contributed by atoms with Crippen molar-refractivity contribution in [2.75, 3.05) is 11.1 Å². The molecule has 0 aliphatic heterocycles. The Morgan fingerprint density at radius 2 is 1.96 bits per heavy atom. The predicted molar refractivity (Wildman–Crippen MR) is 95.9 cm³/mol. The van der Waals surface area contributed by atoms with Gasteiger partial charge in [0.25, 0.3) is 0 Å². The molecule has 5 heteroatoms. The zero-order chi connectivity index (χ0) is 16.1. The molecule has 2 aromatic carbocycles. The van der Waals surface area contributed by atoms with E-state index < -0.39 is 0 Å². The predicted octanol–water partition coefficient (Wildman–Crippen LogP) is 4.25. The Morgan fingerprint density at radius 1 is 1.17 bits per heavy atom. The van der Waals surface area contributed by atoms with Gasteiger partial charge in [-0.2, -0.15) is 0 Å². The summed E-state index contributed by atoms with van der Waals surface area (Å²) in [4.78, 5) is 19.7. The van der Waals surface area contributed by atoms with Crippen molar-refractivity contribution in [3.63, 3.8) is 0 Å². The number of amides is 1. The maximum atomic E-state index is 12.0. The molecule has 1 aromatic heterocycles. The fraction of sp³-hybridized carbons (Fsp3) is 0.222. The number of aromatic amines is 1. The number of anilines is 1. The molecule has 0 saturated heterocycles. The maximum Gasteiger partial charge on any atom is 0.234 e. The van der Waals surface area contributed by atoms with Crippen LogP contribution in [0.25, 0.3) is 11.0 Å². The second-order valence-corrected chi connectivity index (χ2v) is 6.31. The number of nitrogens with zero attached hydrogens (tertiary/aromatic N) is 1. The number of para-hydroxylation sites is 2. The Bertz CT molecular complexity index is 762. The summed E-state index contributed by atoms with van der Waals surface area (Å²) in [5.74, 6) is 0.301.